The number of nitrogens with two attached hydrogens (primary N) is 1. The van der Waals surface area contributed by atoms with Crippen LogP contribution in [0.1, 0.15) is 48.5 Å². The zero-order valence-electron chi connectivity index (χ0n) is 11.7. The predicted molar refractivity (Wildman–Crippen MR) is 78.1 cm³/mol. The molecule has 3 nitrogen and oxygen atoms in total. The highest BCUT2D eigenvalue weighted by atomic mass is 16.1. The van der Waals surface area contributed by atoms with Gasteiger partial charge in [-0.1, -0.05) is 31.9 Å². The molecule has 1 saturated carbocycles. The van der Waals surface area contributed by atoms with Gasteiger partial charge in [0.1, 0.15) is 0 Å². The monoisotopic (exact) mass is 260 g/mol. The molecule has 0 radical (unpaired) electrons. The highest BCUT2D eigenvalue weighted by molar-refractivity contribution is 5.94. The molecule has 19 heavy (non-hydrogen) atoms. The molecule has 0 unspecified atom stereocenters. The second-order valence-electron chi connectivity index (χ2n) is 5.64. The number of benzene rings is 1. The van der Waals surface area contributed by atoms with Crippen LogP contribution in [0.5, 0.6) is 0 Å². The summed E-state index contributed by atoms with van der Waals surface area (Å²) in [6, 6.07) is 7.84. The third kappa shape index (κ3) is 3.35. The molecule has 1 aromatic carbocycles. The Hall–Kier alpha value is -1.35. The summed E-state index contributed by atoms with van der Waals surface area (Å²) in [6.07, 6.45) is 5.74. The molecule has 1 fully saturated rings. The smallest absolute Gasteiger partial charge is 0.251 e. The maximum atomic E-state index is 12.1. The molecule has 0 atom stereocenters. The Morgan fingerprint density at radius 3 is 2.42 bits per heavy atom. The highest BCUT2D eigenvalue weighted by Crippen LogP contribution is 2.36. The molecular weight excluding hydrogens is 236 g/mol. The van der Waals surface area contributed by atoms with Gasteiger partial charge in [-0.2, -0.15) is 0 Å². The number of nitrogens with one attached hydrogen (secondary N) is 1. The van der Waals surface area contributed by atoms with Crippen LogP contribution >= 0.6 is 0 Å². The standard InChI is InChI=1S/C16H24N2O/c1-2-13-5-7-14(8-6-13)15(19)18-12-16(11-17)9-3-4-10-16/h5-8H,2-4,9-12,17H2,1H3,(H,18,19). The Labute approximate surface area is 115 Å². The number of carbonyl (C=O) groups excluding carboxylic acids is 1. The number of amides is 1. The first-order valence-corrected chi connectivity index (χ1v) is 7.26. The van der Waals surface area contributed by atoms with E-state index in [1.165, 1.54) is 18.4 Å². The Balaban J connectivity index is 1.93. The van der Waals surface area contributed by atoms with Crippen molar-refractivity contribution in [3.63, 3.8) is 0 Å². The number of aryl methyl sites for hydroxylation is 1. The highest BCUT2D eigenvalue weighted by Gasteiger charge is 2.32. The van der Waals surface area contributed by atoms with Crippen molar-refractivity contribution in [2.75, 3.05) is 13.1 Å². The van der Waals surface area contributed by atoms with Crippen LogP contribution in [0.4, 0.5) is 0 Å². The zero-order chi connectivity index (χ0) is 13.7. The summed E-state index contributed by atoms with van der Waals surface area (Å²) in [6.45, 7) is 3.49. The molecule has 0 spiro atoms. The molecule has 0 bridgehead atoms. The number of carbonyl (C=O) groups is 1. The van der Waals surface area contributed by atoms with Crippen molar-refractivity contribution in [1.29, 1.82) is 0 Å². The second-order valence-corrected chi connectivity index (χ2v) is 5.64. The summed E-state index contributed by atoms with van der Waals surface area (Å²) in [5.41, 5.74) is 8.01. The largest absolute Gasteiger partial charge is 0.351 e. The maximum Gasteiger partial charge on any atom is 0.251 e. The molecule has 3 heteroatoms. The van der Waals surface area contributed by atoms with Gasteiger partial charge in [-0.15, -0.1) is 0 Å². The van der Waals surface area contributed by atoms with Crippen LogP contribution in [0.25, 0.3) is 0 Å². The normalized spacial score (nSPS) is 17.4. The molecule has 0 saturated heterocycles. The fourth-order valence-electron chi connectivity index (χ4n) is 2.84. The Morgan fingerprint density at radius 1 is 1.26 bits per heavy atom. The first kappa shape index (κ1) is 14.1. The molecule has 0 aliphatic heterocycles. The van der Waals surface area contributed by atoms with E-state index < -0.39 is 0 Å². The minimum Gasteiger partial charge on any atom is -0.351 e. The van der Waals surface area contributed by atoms with Crippen molar-refractivity contribution in [2.24, 2.45) is 11.1 Å². The topological polar surface area (TPSA) is 55.1 Å². The van der Waals surface area contributed by atoms with Gasteiger partial charge in [0.25, 0.3) is 5.91 Å². The zero-order valence-corrected chi connectivity index (χ0v) is 11.7. The van der Waals surface area contributed by atoms with E-state index in [1.54, 1.807) is 0 Å². The number of rotatable bonds is 5. The lowest BCUT2D eigenvalue weighted by Crippen LogP contribution is -2.40. The average Bonchev–Trinajstić information content (AvgIpc) is 2.94. The number of hydrogen-bond donors (Lipinski definition) is 2. The van der Waals surface area contributed by atoms with Gasteiger partial charge in [0.2, 0.25) is 0 Å². The third-order valence-corrected chi connectivity index (χ3v) is 4.35. The Kier molecular flexibility index (Phi) is 4.59. The van der Waals surface area contributed by atoms with Crippen molar-refractivity contribution in [3.8, 4) is 0 Å². The SMILES string of the molecule is CCc1ccc(C(=O)NCC2(CN)CCCC2)cc1. The molecule has 3 N–H and O–H groups in total. The van der Waals surface area contributed by atoms with Crippen LogP contribution in [0.3, 0.4) is 0 Å². The van der Waals surface area contributed by atoms with E-state index in [9.17, 15) is 4.79 Å². The van der Waals surface area contributed by atoms with Crippen molar-refractivity contribution < 1.29 is 4.79 Å². The first-order valence-electron chi connectivity index (χ1n) is 7.26. The van der Waals surface area contributed by atoms with Gasteiger partial charge >= 0.3 is 0 Å². The van der Waals surface area contributed by atoms with E-state index in [0.29, 0.717) is 13.1 Å². The van der Waals surface area contributed by atoms with Gasteiger partial charge in [-0.05, 0) is 48.9 Å². The minimum absolute atomic E-state index is 0.0161. The minimum atomic E-state index is 0.0161. The van der Waals surface area contributed by atoms with Crippen molar-refractivity contribution in [2.45, 2.75) is 39.0 Å². The van der Waals surface area contributed by atoms with Crippen LogP contribution in [0, 0.1) is 5.41 Å². The van der Waals surface area contributed by atoms with Gasteiger partial charge in [0.15, 0.2) is 0 Å². The van der Waals surface area contributed by atoms with E-state index in [-0.39, 0.29) is 11.3 Å². The van der Waals surface area contributed by atoms with Gasteiger partial charge in [-0.25, -0.2) is 0 Å². The quantitative estimate of drug-likeness (QED) is 0.854. The summed E-state index contributed by atoms with van der Waals surface area (Å²) in [4.78, 5) is 12.1. The summed E-state index contributed by atoms with van der Waals surface area (Å²) in [7, 11) is 0. The molecule has 104 valence electrons. The first-order chi connectivity index (χ1) is 9.19. The van der Waals surface area contributed by atoms with Crippen LogP contribution in [0.2, 0.25) is 0 Å². The molecule has 0 heterocycles. The predicted octanol–water partition coefficient (Wildman–Crippen LogP) is 2.50. The molecule has 1 amide bonds. The summed E-state index contributed by atoms with van der Waals surface area (Å²) in [5, 5.41) is 3.05. The van der Waals surface area contributed by atoms with Gasteiger partial charge in [0, 0.05) is 12.1 Å². The van der Waals surface area contributed by atoms with E-state index in [1.807, 2.05) is 24.3 Å². The van der Waals surface area contributed by atoms with E-state index in [2.05, 4.69) is 12.2 Å². The Morgan fingerprint density at radius 2 is 1.89 bits per heavy atom. The fourth-order valence-corrected chi connectivity index (χ4v) is 2.84. The fraction of sp³-hybridized carbons (Fsp3) is 0.562. The van der Waals surface area contributed by atoms with E-state index in [4.69, 9.17) is 5.73 Å². The summed E-state index contributed by atoms with van der Waals surface area (Å²) >= 11 is 0. The van der Waals surface area contributed by atoms with Crippen molar-refractivity contribution >= 4 is 5.91 Å². The van der Waals surface area contributed by atoms with Crippen LogP contribution in [0.15, 0.2) is 24.3 Å². The van der Waals surface area contributed by atoms with Gasteiger partial charge in [0.05, 0.1) is 0 Å². The third-order valence-electron chi connectivity index (χ3n) is 4.35. The van der Waals surface area contributed by atoms with Crippen LogP contribution in [-0.4, -0.2) is 19.0 Å². The van der Waals surface area contributed by atoms with E-state index in [0.717, 1.165) is 24.8 Å². The summed E-state index contributed by atoms with van der Waals surface area (Å²) < 4.78 is 0. The summed E-state index contributed by atoms with van der Waals surface area (Å²) in [5.74, 6) is 0.0161. The molecule has 1 aromatic rings. The molecular formula is C16H24N2O. The second kappa shape index (κ2) is 6.20. The average molecular weight is 260 g/mol. The van der Waals surface area contributed by atoms with E-state index >= 15 is 0 Å². The molecule has 0 aromatic heterocycles. The maximum absolute atomic E-state index is 12.1. The molecule has 1 aliphatic carbocycles. The van der Waals surface area contributed by atoms with Gasteiger partial charge in [-0.3, -0.25) is 4.79 Å². The van der Waals surface area contributed by atoms with Crippen molar-refractivity contribution in [1.82, 2.24) is 5.32 Å². The van der Waals surface area contributed by atoms with Crippen LogP contribution in [-0.2, 0) is 6.42 Å². The lowest BCUT2D eigenvalue weighted by Gasteiger charge is -2.27. The lowest BCUT2D eigenvalue weighted by atomic mass is 9.86. The molecule has 1 aliphatic rings. The van der Waals surface area contributed by atoms with Crippen molar-refractivity contribution in [3.05, 3.63) is 35.4 Å². The van der Waals surface area contributed by atoms with Gasteiger partial charge < -0.3 is 11.1 Å². The number of hydrogen-bond acceptors (Lipinski definition) is 2. The lowest BCUT2D eigenvalue weighted by molar-refractivity contribution is 0.0932. The van der Waals surface area contributed by atoms with Crippen LogP contribution < -0.4 is 11.1 Å². The molecule has 2 rings (SSSR count). The Bertz CT molecular complexity index is 419.